The zero-order chi connectivity index (χ0) is 23.7. The van der Waals surface area contributed by atoms with Crippen LogP contribution in [0.25, 0.3) is 0 Å². The molecular weight excluding hydrogens is 437 g/mol. The van der Waals surface area contributed by atoms with Crippen molar-refractivity contribution in [1.29, 1.82) is 0 Å². The highest BCUT2D eigenvalue weighted by Gasteiger charge is 2.27. The van der Waals surface area contributed by atoms with E-state index >= 15 is 0 Å². The summed E-state index contributed by atoms with van der Waals surface area (Å²) in [5.74, 6) is 0.377. The van der Waals surface area contributed by atoms with Crippen LogP contribution in [0, 0.1) is 5.82 Å². The van der Waals surface area contributed by atoms with Gasteiger partial charge in [0.05, 0.1) is 19.4 Å². The first-order valence-corrected chi connectivity index (χ1v) is 11.6. The molecular formula is C22H30FN3O5S. The third kappa shape index (κ3) is 6.83. The molecule has 0 aliphatic carbocycles. The molecule has 10 heteroatoms. The third-order valence-corrected chi connectivity index (χ3v) is 6.45. The highest BCUT2D eigenvalue weighted by atomic mass is 32.2. The first-order chi connectivity index (χ1) is 15.2. The van der Waals surface area contributed by atoms with E-state index in [2.05, 4.69) is 5.32 Å². The molecule has 0 aliphatic rings. The number of carbonyl (C=O) groups is 1. The van der Waals surface area contributed by atoms with Crippen LogP contribution < -0.4 is 19.1 Å². The van der Waals surface area contributed by atoms with Crippen molar-refractivity contribution in [3.63, 3.8) is 0 Å². The summed E-state index contributed by atoms with van der Waals surface area (Å²) in [6, 6.07) is 10.6. The summed E-state index contributed by atoms with van der Waals surface area (Å²) in [5.41, 5.74) is 1.24. The first-order valence-electron chi connectivity index (χ1n) is 10.2. The number of rotatable bonds is 12. The maximum atomic E-state index is 13.2. The number of anilines is 1. The van der Waals surface area contributed by atoms with Crippen LogP contribution in [-0.4, -0.2) is 59.5 Å². The van der Waals surface area contributed by atoms with E-state index in [1.807, 2.05) is 25.1 Å². The van der Waals surface area contributed by atoms with Crippen LogP contribution in [0.4, 0.5) is 10.1 Å². The Bertz CT molecular complexity index is 997. The van der Waals surface area contributed by atoms with E-state index in [-0.39, 0.29) is 5.69 Å². The molecule has 0 bridgehead atoms. The Morgan fingerprint density at radius 1 is 1.09 bits per heavy atom. The normalized spacial score (nSPS) is 11.3. The second-order valence-corrected chi connectivity index (χ2v) is 9.21. The van der Waals surface area contributed by atoms with Gasteiger partial charge in [0, 0.05) is 20.6 Å². The van der Waals surface area contributed by atoms with Crippen LogP contribution in [0.1, 0.15) is 18.9 Å². The van der Waals surface area contributed by atoms with E-state index in [0.29, 0.717) is 37.5 Å². The second kappa shape index (κ2) is 11.7. The summed E-state index contributed by atoms with van der Waals surface area (Å²) >= 11 is 0. The van der Waals surface area contributed by atoms with E-state index in [4.69, 9.17) is 9.47 Å². The lowest BCUT2D eigenvalue weighted by Gasteiger charge is -2.26. The lowest BCUT2D eigenvalue weighted by Crippen LogP contribution is -2.46. The van der Waals surface area contributed by atoms with Gasteiger partial charge in [0.25, 0.3) is 0 Å². The molecule has 0 atom stereocenters. The molecule has 32 heavy (non-hydrogen) atoms. The highest BCUT2D eigenvalue weighted by Crippen LogP contribution is 2.28. The van der Waals surface area contributed by atoms with Gasteiger partial charge in [-0.2, -0.15) is 12.7 Å². The van der Waals surface area contributed by atoms with Gasteiger partial charge in [-0.3, -0.25) is 4.79 Å². The van der Waals surface area contributed by atoms with E-state index in [1.165, 1.54) is 26.2 Å². The molecule has 0 heterocycles. The smallest absolute Gasteiger partial charge is 0.304 e. The van der Waals surface area contributed by atoms with E-state index in [1.54, 1.807) is 7.11 Å². The van der Waals surface area contributed by atoms with Crippen molar-refractivity contribution in [1.82, 2.24) is 9.62 Å². The maximum absolute atomic E-state index is 13.2. The molecule has 8 nitrogen and oxygen atoms in total. The van der Waals surface area contributed by atoms with Gasteiger partial charge in [-0.25, -0.2) is 8.70 Å². The Morgan fingerprint density at radius 2 is 1.78 bits per heavy atom. The van der Waals surface area contributed by atoms with Crippen LogP contribution in [0.3, 0.4) is 0 Å². The fraction of sp³-hybridized carbons (Fsp3) is 0.409. The van der Waals surface area contributed by atoms with Crippen molar-refractivity contribution >= 4 is 21.8 Å². The number of nitrogens with zero attached hydrogens (tertiary/aromatic N) is 2. The van der Waals surface area contributed by atoms with Crippen molar-refractivity contribution in [2.24, 2.45) is 0 Å². The molecule has 0 aliphatic heterocycles. The molecule has 0 saturated carbocycles. The van der Waals surface area contributed by atoms with Crippen LogP contribution in [-0.2, 0) is 21.4 Å². The first kappa shape index (κ1) is 25.4. The van der Waals surface area contributed by atoms with Gasteiger partial charge in [-0.05, 0) is 61.7 Å². The minimum Gasteiger partial charge on any atom is -0.493 e. The fourth-order valence-corrected chi connectivity index (χ4v) is 4.02. The van der Waals surface area contributed by atoms with Gasteiger partial charge in [0.15, 0.2) is 11.5 Å². The summed E-state index contributed by atoms with van der Waals surface area (Å²) in [7, 11) is 0.387. The fourth-order valence-electron chi connectivity index (χ4n) is 2.96. The lowest BCUT2D eigenvalue weighted by molar-refractivity contribution is -0.119. The Kier molecular flexibility index (Phi) is 9.27. The number of ether oxygens (including phenoxy) is 2. The molecule has 176 valence electrons. The number of amides is 1. The van der Waals surface area contributed by atoms with Crippen LogP contribution in [0.15, 0.2) is 42.5 Å². The number of nitrogens with one attached hydrogen (secondary N) is 1. The van der Waals surface area contributed by atoms with E-state index in [9.17, 15) is 17.6 Å². The topological polar surface area (TPSA) is 88.2 Å². The summed E-state index contributed by atoms with van der Waals surface area (Å²) in [4.78, 5) is 12.4. The van der Waals surface area contributed by atoms with E-state index in [0.717, 1.165) is 26.3 Å². The molecule has 0 aromatic heterocycles. The summed E-state index contributed by atoms with van der Waals surface area (Å²) < 4.78 is 51.4. The molecule has 2 aromatic rings. The van der Waals surface area contributed by atoms with Crippen LogP contribution in [0.2, 0.25) is 0 Å². The predicted molar refractivity (Wildman–Crippen MR) is 122 cm³/mol. The largest absolute Gasteiger partial charge is 0.493 e. The van der Waals surface area contributed by atoms with Gasteiger partial charge < -0.3 is 14.8 Å². The zero-order valence-electron chi connectivity index (χ0n) is 18.8. The maximum Gasteiger partial charge on any atom is 0.304 e. The summed E-state index contributed by atoms with van der Waals surface area (Å²) in [6.45, 7) is 2.40. The molecule has 2 rings (SSSR count). The second-order valence-electron chi connectivity index (χ2n) is 7.14. The highest BCUT2D eigenvalue weighted by molar-refractivity contribution is 7.90. The Labute approximate surface area is 189 Å². The number of methoxy groups -OCH3 is 1. The minimum atomic E-state index is -3.93. The number of carbonyl (C=O) groups excluding carboxylic acids is 1. The molecule has 1 N–H and O–H groups in total. The quantitative estimate of drug-likeness (QED) is 0.485. The molecule has 0 unspecified atom stereocenters. The van der Waals surface area contributed by atoms with Gasteiger partial charge in [0.2, 0.25) is 5.91 Å². The molecule has 1 amide bonds. The zero-order valence-corrected chi connectivity index (χ0v) is 19.6. The Balaban J connectivity index is 1.95. The summed E-state index contributed by atoms with van der Waals surface area (Å²) in [5, 5.41) is 2.74. The van der Waals surface area contributed by atoms with Crippen molar-refractivity contribution in [2.75, 3.05) is 45.2 Å². The van der Waals surface area contributed by atoms with Crippen molar-refractivity contribution < 1.29 is 27.1 Å². The number of aryl methyl sites for hydroxylation is 1. The Hall–Kier alpha value is -2.85. The van der Waals surface area contributed by atoms with Crippen molar-refractivity contribution in [3.8, 4) is 11.5 Å². The molecule has 0 spiro atoms. The molecule has 0 radical (unpaired) electrons. The SMILES string of the molecule is CCOc1ccc(CCCNC(=O)CN(c2ccc(F)cc2)S(=O)(=O)N(C)C)cc1OC. The van der Waals surface area contributed by atoms with E-state index < -0.39 is 28.5 Å². The van der Waals surface area contributed by atoms with Gasteiger partial charge in [-0.15, -0.1) is 0 Å². The molecule has 2 aromatic carbocycles. The average molecular weight is 468 g/mol. The third-order valence-electron chi connectivity index (χ3n) is 4.63. The minimum absolute atomic E-state index is 0.205. The number of halogens is 1. The summed E-state index contributed by atoms with van der Waals surface area (Å²) in [6.07, 6.45) is 1.35. The van der Waals surface area contributed by atoms with Gasteiger partial charge in [-0.1, -0.05) is 6.07 Å². The average Bonchev–Trinajstić information content (AvgIpc) is 2.76. The van der Waals surface area contributed by atoms with Gasteiger partial charge >= 0.3 is 10.2 Å². The molecule has 0 fully saturated rings. The van der Waals surface area contributed by atoms with Gasteiger partial charge in [0.1, 0.15) is 12.4 Å². The van der Waals surface area contributed by atoms with Crippen molar-refractivity contribution in [2.45, 2.75) is 19.8 Å². The van der Waals surface area contributed by atoms with Crippen LogP contribution in [0.5, 0.6) is 11.5 Å². The number of hydrogen-bond acceptors (Lipinski definition) is 5. The van der Waals surface area contributed by atoms with Crippen LogP contribution >= 0.6 is 0 Å². The standard InChI is InChI=1S/C22H30FN3O5S/c1-5-31-20-13-8-17(15-21(20)30-4)7-6-14-24-22(27)16-26(32(28,29)25(2)3)19-11-9-18(23)10-12-19/h8-13,15H,5-7,14,16H2,1-4H3,(H,24,27). The molecule has 0 saturated heterocycles. The predicted octanol–water partition coefficient (Wildman–Crippen LogP) is 2.59. The monoisotopic (exact) mass is 467 g/mol. The number of benzene rings is 2. The van der Waals surface area contributed by atoms with Crippen molar-refractivity contribution in [3.05, 3.63) is 53.8 Å². The Morgan fingerprint density at radius 3 is 2.38 bits per heavy atom. The number of hydrogen-bond donors (Lipinski definition) is 1. The lowest BCUT2D eigenvalue weighted by atomic mass is 10.1.